The highest BCUT2D eigenvalue weighted by Gasteiger charge is 2.16. The fourth-order valence-electron chi connectivity index (χ4n) is 0.599. The van der Waals surface area contributed by atoms with Gasteiger partial charge >= 0.3 is 0 Å². The van der Waals surface area contributed by atoms with Crippen LogP contribution in [0, 0.1) is 0 Å². The highest BCUT2D eigenvalue weighted by molar-refractivity contribution is 5.22. The predicted molar refractivity (Wildman–Crippen MR) is 41.7 cm³/mol. The topological polar surface area (TPSA) is 24.4 Å². The first-order valence-corrected chi connectivity index (χ1v) is 3.41. The molecule has 0 spiro atoms. The van der Waals surface area contributed by atoms with Crippen molar-refractivity contribution in [2.24, 2.45) is 5.10 Å². The second-order valence-electron chi connectivity index (χ2n) is 2.54. The number of hydrogen-bond donors (Lipinski definition) is 1. The number of nitrogens with one attached hydrogen (secondary N) is 1. The van der Waals surface area contributed by atoms with E-state index in [1.165, 1.54) is 0 Å². The lowest BCUT2D eigenvalue weighted by Gasteiger charge is -2.25. The second-order valence-corrected chi connectivity index (χ2v) is 2.54. The van der Waals surface area contributed by atoms with Crippen LogP contribution in [0.15, 0.2) is 5.10 Å². The molecule has 0 saturated heterocycles. The molecular weight excluding hydrogens is 112 g/mol. The lowest BCUT2D eigenvalue weighted by atomic mass is 9.97. The van der Waals surface area contributed by atoms with Gasteiger partial charge in [-0.3, -0.25) is 0 Å². The van der Waals surface area contributed by atoms with E-state index in [4.69, 9.17) is 0 Å². The second kappa shape index (κ2) is 3.49. The molecule has 0 radical (unpaired) electrons. The number of hydrogen-bond acceptors (Lipinski definition) is 2. The van der Waals surface area contributed by atoms with Crippen molar-refractivity contribution in [1.82, 2.24) is 5.43 Å². The van der Waals surface area contributed by atoms with Gasteiger partial charge in [-0.05, 0) is 19.8 Å². The summed E-state index contributed by atoms with van der Waals surface area (Å²) in [6.07, 6.45) is 2.17. The van der Waals surface area contributed by atoms with Crippen LogP contribution in [0.5, 0.6) is 0 Å². The van der Waals surface area contributed by atoms with Gasteiger partial charge in [0.05, 0.1) is 5.54 Å². The smallest absolute Gasteiger partial charge is 0.0515 e. The summed E-state index contributed by atoms with van der Waals surface area (Å²) < 4.78 is 0. The summed E-state index contributed by atoms with van der Waals surface area (Å²) in [4.78, 5) is 0. The van der Waals surface area contributed by atoms with Gasteiger partial charge in [0.2, 0.25) is 0 Å². The largest absolute Gasteiger partial charge is 0.305 e. The molecule has 0 fully saturated rings. The SMILES string of the molecule is C=NNC(C)(CC)CC. The van der Waals surface area contributed by atoms with E-state index in [1.54, 1.807) is 0 Å². The van der Waals surface area contributed by atoms with Gasteiger partial charge in [-0.2, -0.15) is 5.10 Å². The molecule has 9 heavy (non-hydrogen) atoms. The van der Waals surface area contributed by atoms with Crippen molar-refractivity contribution in [3.05, 3.63) is 0 Å². The average molecular weight is 128 g/mol. The van der Waals surface area contributed by atoms with Crippen LogP contribution in [0.3, 0.4) is 0 Å². The van der Waals surface area contributed by atoms with E-state index < -0.39 is 0 Å². The summed E-state index contributed by atoms with van der Waals surface area (Å²) in [5.41, 5.74) is 3.13. The molecule has 0 aliphatic heterocycles. The third kappa shape index (κ3) is 2.49. The highest BCUT2D eigenvalue weighted by atomic mass is 15.3. The Bertz CT molecular complexity index is 84.9. The Hall–Kier alpha value is -0.530. The molecule has 0 heterocycles. The molecule has 0 bridgehead atoms. The Morgan fingerprint density at radius 1 is 1.44 bits per heavy atom. The Labute approximate surface area is 57.3 Å². The molecule has 2 heteroatoms. The quantitative estimate of drug-likeness (QED) is 0.453. The van der Waals surface area contributed by atoms with Crippen LogP contribution in [0.25, 0.3) is 0 Å². The molecule has 0 aromatic heterocycles. The normalized spacial score (nSPS) is 11.0. The maximum Gasteiger partial charge on any atom is 0.0515 e. The van der Waals surface area contributed by atoms with Crippen LogP contribution in [0.4, 0.5) is 0 Å². The fourth-order valence-corrected chi connectivity index (χ4v) is 0.599. The van der Waals surface area contributed by atoms with E-state index in [2.05, 4.69) is 38.0 Å². The third-order valence-corrected chi connectivity index (χ3v) is 1.91. The molecule has 0 atom stereocenters. The first-order valence-electron chi connectivity index (χ1n) is 3.41. The summed E-state index contributed by atoms with van der Waals surface area (Å²) in [7, 11) is 0. The lowest BCUT2D eigenvalue weighted by molar-refractivity contribution is 0.341. The maximum absolute atomic E-state index is 3.65. The number of hydrazone groups is 1. The summed E-state index contributed by atoms with van der Waals surface area (Å²) in [6, 6.07) is 0. The van der Waals surface area contributed by atoms with Gasteiger partial charge in [0.15, 0.2) is 0 Å². The molecule has 2 nitrogen and oxygen atoms in total. The van der Waals surface area contributed by atoms with Crippen LogP contribution >= 0.6 is 0 Å². The van der Waals surface area contributed by atoms with Gasteiger partial charge in [-0.1, -0.05) is 13.8 Å². The predicted octanol–water partition coefficient (Wildman–Crippen LogP) is 1.77. The van der Waals surface area contributed by atoms with E-state index in [0.29, 0.717) is 0 Å². The first kappa shape index (κ1) is 8.47. The standard InChI is InChI=1S/C7H16N2/c1-5-7(3,6-2)9-8-4/h9H,4-6H2,1-3H3. The Balaban J connectivity index is 3.75. The average Bonchev–Trinajstić information content (AvgIpc) is 1.89. The van der Waals surface area contributed by atoms with Crippen molar-refractivity contribution in [1.29, 1.82) is 0 Å². The minimum Gasteiger partial charge on any atom is -0.305 e. The van der Waals surface area contributed by atoms with Crippen molar-refractivity contribution in [2.75, 3.05) is 0 Å². The monoisotopic (exact) mass is 128 g/mol. The van der Waals surface area contributed by atoms with Gasteiger partial charge < -0.3 is 5.43 Å². The number of rotatable bonds is 4. The molecule has 1 N–H and O–H groups in total. The van der Waals surface area contributed by atoms with Crippen LogP contribution in [0.2, 0.25) is 0 Å². The van der Waals surface area contributed by atoms with E-state index in [1.807, 2.05) is 0 Å². The molecular formula is C7H16N2. The van der Waals surface area contributed by atoms with Crippen LogP contribution < -0.4 is 5.43 Å². The molecule has 54 valence electrons. The molecule has 0 aliphatic rings. The van der Waals surface area contributed by atoms with Gasteiger partial charge in [-0.15, -0.1) is 0 Å². The molecule has 0 saturated carbocycles. The first-order chi connectivity index (χ1) is 4.18. The molecule has 0 rings (SSSR count). The Morgan fingerprint density at radius 2 is 1.89 bits per heavy atom. The van der Waals surface area contributed by atoms with Gasteiger partial charge in [0.25, 0.3) is 0 Å². The Morgan fingerprint density at radius 3 is 2.00 bits per heavy atom. The van der Waals surface area contributed by atoms with Crippen molar-refractivity contribution in [2.45, 2.75) is 39.2 Å². The summed E-state index contributed by atoms with van der Waals surface area (Å²) >= 11 is 0. The minimum absolute atomic E-state index is 0.155. The van der Waals surface area contributed by atoms with Crippen LogP contribution in [-0.4, -0.2) is 12.3 Å². The van der Waals surface area contributed by atoms with Crippen molar-refractivity contribution in [3.63, 3.8) is 0 Å². The molecule has 0 unspecified atom stereocenters. The van der Waals surface area contributed by atoms with Gasteiger partial charge in [-0.25, -0.2) is 0 Å². The summed E-state index contributed by atoms with van der Waals surface area (Å²) in [6.45, 7) is 9.80. The zero-order valence-corrected chi connectivity index (χ0v) is 6.57. The van der Waals surface area contributed by atoms with E-state index in [0.717, 1.165) is 12.8 Å². The van der Waals surface area contributed by atoms with Crippen molar-refractivity contribution >= 4 is 6.72 Å². The fraction of sp³-hybridized carbons (Fsp3) is 0.857. The molecule has 0 aromatic carbocycles. The zero-order chi connectivity index (χ0) is 7.33. The summed E-state index contributed by atoms with van der Waals surface area (Å²) in [5, 5.41) is 3.65. The van der Waals surface area contributed by atoms with E-state index >= 15 is 0 Å². The van der Waals surface area contributed by atoms with Crippen molar-refractivity contribution in [3.8, 4) is 0 Å². The minimum atomic E-state index is 0.155. The maximum atomic E-state index is 3.65. The zero-order valence-electron chi connectivity index (χ0n) is 6.57. The van der Waals surface area contributed by atoms with Gasteiger partial charge in [0, 0.05) is 6.72 Å². The van der Waals surface area contributed by atoms with Gasteiger partial charge in [0.1, 0.15) is 0 Å². The van der Waals surface area contributed by atoms with Crippen LogP contribution in [-0.2, 0) is 0 Å². The molecule has 0 aromatic rings. The van der Waals surface area contributed by atoms with Crippen molar-refractivity contribution < 1.29 is 0 Å². The summed E-state index contributed by atoms with van der Waals surface area (Å²) in [5.74, 6) is 0. The van der Waals surface area contributed by atoms with E-state index in [9.17, 15) is 0 Å². The lowest BCUT2D eigenvalue weighted by Crippen LogP contribution is -2.37. The number of nitrogens with zero attached hydrogens (tertiary/aromatic N) is 1. The van der Waals surface area contributed by atoms with E-state index in [-0.39, 0.29) is 5.54 Å². The molecule has 0 amide bonds. The third-order valence-electron chi connectivity index (χ3n) is 1.91. The highest BCUT2D eigenvalue weighted by Crippen LogP contribution is 2.12. The molecule has 0 aliphatic carbocycles. The Kier molecular flexibility index (Phi) is 3.28. The van der Waals surface area contributed by atoms with Crippen LogP contribution in [0.1, 0.15) is 33.6 Å².